The first kappa shape index (κ1) is 5.19. The van der Waals surface area contributed by atoms with E-state index in [-0.39, 0.29) is 13.8 Å². The molecule has 0 aliphatic rings. The summed E-state index contributed by atoms with van der Waals surface area (Å²) in [5.41, 5.74) is 0. The summed E-state index contributed by atoms with van der Waals surface area (Å²) in [6.07, 6.45) is 0. The monoisotopic (exact) mass is 168 g/mol. The molecule has 0 aromatic carbocycles. The van der Waals surface area contributed by atoms with E-state index in [1.165, 1.54) is 0 Å². The van der Waals surface area contributed by atoms with Crippen LogP contribution in [0.3, 0.4) is 0 Å². The van der Waals surface area contributed by atoms with E-state index in [9.17, 15) is 0 Å². The van der Waals surface area contributed by atoms with Crippen LogP contribution in [0.2, 0.25) is 0 Å². The van der Waals surface area contributed by atoms with Gasteiger partial charge in [-0.1, -0.05) is 0 Å². The first-order valence-electron chi connectivity index (χ1n) is 1.50. The van der Waals surface area contributed by atoms with Crippen LogP contribution in [0, 0.1) is 0 Å². The van der Waals surface area contributed by atoms with Gasteiger partial charge in [0, 0.05) is 0 Å². The van der Waals surface area contributed by atoms with Crippen molar-refractivity contribution in [1.29, 1.82) is 0 Å². The number of hydrogen-bond donors (Lipinski definition) is 0. The Bertz CT molecular complexity index is 11.6. The zero-order valence-electron chi connectivity index (χ0n) is 4.50. The van der Waals surface area contributed by atoms with Gasteiger partial charge in [-0.3, -0.25) is 0 Å². The Labute approximate surface area is 40.5 Å². The predicted molar refractivity (Wildman–Crippen MR) is 36.7 cm³/mol. The maximum atomic E-state index is 1.64. The molecule has 4 heteroatoms. The SMILES string of the molecule is [H-].[SiH3][Ge]([SiH3])[SiH3]. The van der Waals surface area contributed by atoms with E-state index in [1.54, 1.807) is 26.3 Å². The molecule has 1 radical (unpaired) electrons. The van der Waals surface area contributed by atoms with Gasteiger partial charge in [-0.15, -0.1) is 0 Å². The molecule has 0 saturated carbocycles. The third-order valence-electron chi connectivity index (χ3n) is 0. The standard InChI is InChI=1S/GeH9Si3.H/c2-1(3)4;/h2-4H3;/q;-1. The van der Waals surface area contributed by atoms with Gasteiger partial charge < -0.3 is 1.43 Å². The Hall–Kier alpha value is 1.19. The van der Waals surface area contributed by atoms with Gasteiger partial charge in [0.15, 0.2) is 0 Å². The van der Waals surface area contributed by atoms with Crippen LogP contribution < -0.4 is 0 Å². The van der Waals surface area contributed by atoms with Crippen molar-refractivity contribution in [3.63, 3.8) is 0 Å². The summed E-state index contributed by atoms with van der Waals surface area (Å²) in [6.45, 7) is 0. The minimum atomic E-state index is 0. The normalized spacial score (nSPS) is 11.2. The molecule has 0 amide bonds. The molecule has 0 aromatic rings. The molecule has 0 fully saturated rings. The number of rotatable bonds is 0. The fraction of sp³-hybridized carbons (Fsp3) is 0. The molecule has 0 atom stereocenters. The van der Waals surface area contributed by atoms with Crippen molar-refractivity contribution in [3.05, 3.63) is 0 Å². The van der Waals surface area contributed by atoms with E-state index < -0.39 is 0 Å². The van der Waals surface area contributed by atoms with Crippen molar-refractivity contribution < 1.29 is 1.43 Å². The van der Waals surface area contributed by atoms with Crippen LogP contribution in [0.1, 0.15) is 1.43 Å². The molecule has 0 aromatic heterocycles. The summed E-state index contributed by atoms with van der Waals surface area (Å²) in [5, 5.41) is 0. The van der Waals surface area contributed by atoms with Crippen molar-refractivity contribution in [2.24, 2.45) is 0 Å². The van der Waals surface area contributed by atoms with Gasteiger partial charge >= 0.3 is 38.7 Å². The molecule has 0 unspecified atom stereocenters. The first-order valence-corrected chi connectivity index (χ1v) is 23.4. The van der Waals surface area contributed by atoms with Crippen LogP contribution in [0.5, 0.6) is 0 Å². The van der Waals surface area contributed by atoms with Gasteiger partial charge in [0.05, 0.1) is 0 Å². The molecule has 27 valence electrons. The van der Waals surface area contributed by atoms with Crippen molar-refractivity contribution in [2.45, 2.75) is 0 Å². The molecular weight excluding hydrogens is 157 g/mol. The summed E-state index contributed by atoms with van der Waals surface area (Å²) in [6, 6.07) is 0. The Morgan fingerprint density at radius 2 is 1.25 bits per heavy atom. The van der Waals surface area contributed by atoms with Gasteiger partial charge in [0.25, 0.3) is 0 Å². The second-order valence-electron chi connectivity index (χ2n) is 1.50. The number of hydrogen-bond acceptors (Lipinski definition) is 0. The van der Waals surface area contributed by atoms with Crippen LogP contribution in [0.25, 0.3) is 0 Å². The van der Waals surface area contributed by atoms with Crippen LogP contribution in [-0.4, -0.2) is 38.7 Å². The summed E-state index contributed by atoms with van der Waals surface area (Å²) in [5.74, 6) is 0. The maximum absolute atomic E-state index is 1.64. The molecule has 0 rings (SSSR count). The topological polar surface area (TPSA) is 0 Å². The molecule has 0 spiro atoms. The molecule has 0 saturated heterocycles. The second-order valence-corrected chi connectivity index (χ2v) is 70.1. The zero-order chi connectivity index (χ0) is 3.58. The van der Waals surface area contributed by atoms with Gasteiger partial charge in [-0.2, -0.15) is 0 Å². The Morgan fingerprint density at radius 1 is 1.25 bits per heavy atom. The predicted octanol–water partition coefficient (Wildman–Crippen LogP) is -3.82. The second kappa shape index (κ2) is 2.43. The van der Waals surface area contributed by atoms with E-state index in [0.717, 1.165) is 0 Å². The van der Waals surface area contributed by atoms with E-state index in [1.807, 2.05) is 0 Å². The van der Waals surface area contributed by atoms with E-state index in [2.05, 4.69) is 0 Å². The van der Waals surface area contributed by atoms with Gasteiger partial charge in [0.1, 0.15) is 0 Å². The quantitative estimate of drug-likeness (QED) is 0.324. The summed E-state index contributed by atoms with van der Waals surface area (Å²) < 4.78 is 0. The van der Waals surface area contributed by atoms with E-state index >= 15 is 0 Å². The summed E-state index contributed by atoms with van der Waals surface area (Å²) >= 11 is 0.0833. The van der Waals surface area contributed by atoms with Gasteiger partial charge in [-0.25, -0.2) is 0 Å². The van der Waals surface area contributed by atoms with Crippen LogP contribution in [0.4, 0.5) is 0 Å². The molecular formula is H10GeSi3-. The van der Waals surface area contributed by atoms with E-state index in [0.29, 0.717) is 0 Å². The fourth-order valence-corrected chi connectivity index (χ4v) is 0. The van der Waals surface area contributed by atoms with Gasteiger partial charge in [-0.05, 0) is 0 Å². The van der Waals surface area contributed by atoms with E-state index in [4.69, 9.17) is 0 Å². The zero-order valence-corrected chi connectivity index (χ0v) is 11.6. The minimum absolute atomic E-state index is 0. The summed E-state index contributed by atoms with van der Waals surface area (Å²) in [4.78, 5) is 0. The van der Waals surface area contributed by atoms with Crippen molar-refractivity contribution in [3.8, 4) is 0 Å². The van der Waals surface area contributed by atoms with Gasteiger partial charge in [0.2, 0.25) is 0 Å². The molecule has 4 heavy (non-hydrogen) atoms. The fourth-order valence-electron chi connectivity index (χ4n) is 0. The Kier molecular flexibility index (Phi) is 3.16. The van der Waals surface area contributed by atoms with Crippen molar-refractivity contribution >= 4 is 38.7 Å². The first-order chi connectivity index (χ1) is 1.73. The molecule has 0 bridgehead atoms. The molecule has 0 heterocycles. The Balaban J connectivity index is 0. The third-order valence-corrected chi connectivity index (χ3v) is 0. The molecule has 0 nitrogen and oxygen atoms in total. The molecule has 0 aliphatic carbocycles. The van der Waals surface area contributed by atoms with Crippen LogP contribution in [-0.2, 0) is 0 Å². The third kappa shape index (κ3) is 10.8. The average Bonchev–Trinajstić information content (AvgIpc) is 0.811. The summed E-state index contributed by atoms with van der Waals surface area (Å²) in [7, 11) is 4.92. The average molecular weight is 167 g/mol. The van der Waals surface area contributed by atoms with Crippen molar-refractivity contribution in [2.75, 3.05) is 0 Å². The Morgan fingerprint density at radius 3 is 1.25 bits per heavy atom. The van der Waals surface area contributed by atoms with Crippen molar-refractivity contribution in [1.82, 2.24) is 0 Å². The van der Waals surface area contributed by atoms with Crippen LogP contribution >= 0.6 is 0 Å². The van der Waals surface area contributed by atoms with Crippen LogP contribution in [0.15, 0.2) is 0 Å². The molecule has 0 N–H and O–H groups in total. The molecule has 0 aliphatic heterocycles.